The van der Waals surface area contributed by atoms with Crippen LogP contribution in [0.5, 0.6) is 0 Å². The highest BCUT2D eigenvalue weighted by atomic mass is 16.2. The second-order valence-electron chi connectivity index (χ2n) is 5.86. The van der Waals surface area contributed by atoms with E-state index in [1.54, 1.807) is 0 Å². The van der Waals surface area contributed by atoms with E-state index >= 15 is 0 Å². The van der Waals surface area contributed by atoms with Gasteiger partial charge in [-0.05, 0) is 38.3 Å². The minimum atomic E-state index is -0.167. The van der Waals surface area contributed by atoms with Gasteiger partial charge in [0.1, 0.15) is 0 Å². The molecule has 0 unspecified atom stereocenters. The number of hydrogen-bond donors (Lipinski definition) is 2. The molecular weight excluding hydrogens is 288 g/mol. The van der Waals surface area contributed by atoms with Gasteiger partial charge in [0.25, 0.3) is 0 Å². The summed E-state index contributed by atoms with van der Waals surface area (Å²) < 4.78 is 1.94. The molecule has 2 aromatic rings. The maximum atomic E-state index is 12.0. The smallest absolute Gasteiger partial charge is 0.319 e. The molecule has 2 rings (SSSR count). The van der Waals surface area contributed by atoms with Crippen LogP contribution in [0.3, 0.4) is 0 Å². The number of hydrogen-bond acceptors (Lipinski definition) is 2. The molecule has 23 heavy (non-hydrogen) atoms. The molecule has 5 nitrogen and oxygen atoms in total. The van der Waals surface area contributed by atoms with E-state index in [2.05, 4.69) is 41.7 Å². The number of aromatic nitrogens is 2. The highest BCUT2D eigenvalue weighted by molar-refractivity contribution is 5.90. The third-order valence-corrected chi connectivity index (χ3v) is 4.02. The van der Waals surface area contributed by atoms with Crippen molar-refractivity contribution in [1.82, 2.24) is 15.1 Å². The fourth-order valence-electron chi connectivity index (χ4n) is 2.52. The topological polar surface area (TPSA) is 59.0 Å². The van der Waals surface area contributed by atoms with E-state index in [1.165, 1.54) is 11.1 Å². The minimum Gasteiger partial charge on any atom is -0.338 e. The highest BCUT2D eigenvalue weighted by Crippen LogP contribution is 2.21. The van der Waals surface area contributed by atoms with Gasteiger partial charge < -0.3 is 10.6 Å². The summed E-state index contributed by atoms with van der Waals surface area (Å²) in [6.45, 7) is 9.50. The number of carbonyl (C=O) groups excluding carboxylic acids is 1. The number of anilines is 1. The molecule has 1 aromatic heterocycles. The van der Waals surface area contributed by atoms with Gasteiger partial charge in [-0.3, -0.25) is 4.68 Å². The summed E-state index contributed by atoms with van der Waals surface area (Å²) in [6, 6.07) is 8.11. The van der Waals surface area contributed by atoms with Crippen molar-refractivity contribution in [3.8, 4) is 0 Å². The lowest BCUT2D eigenvalue weighted by Gasteiger charge is -2.09. The van der Waals surface area contributed by atoms with Crippen LogP contribution in [0, 0.1) is 20.8 Å². The van der Waals surface area contributed by atoms with Crippen molar-refractivity contribution in [1.29, 1.82) is 0 Å². The Labute approximate surface area is 138 Å². The summed E-state index contributed by atoms with van der Waals surface area (Å²) >= 11 is 0. The number of amides is 2. The van der Waals surface area contributed by atoms with Gasteiger partial charge in [0.05, 0.1) is 23.6 Å². The van der Waals surface area contributed by atoms with Crippen molar-refractivity contribution in [2.75, 3.05) is 11.9 Å². The first kappa shape index (κ1) is 17.1. The predicted octanol–water partition coefficient (Wildman–Crippen LogP) is 3.78. The van der Waals surface area contributed by atoms with Crippen LogP contribution in [0.25, 0.3) is 0 Å². The Morgan fingerprint density at radius 2 is 1.96 bits per heavy atom. The molecule has 1 heterocycles. The third-order valence-electron chi connectivity index (χ3n) is 4.02. The molecule has 2 N–H and O–H groups in total. The molecule has 0 saturated heterocycles. The first-order valence-electron chi connectivity index (χ1n) is 8.16. The minimum absolute atomic E-state index is 0.167. The van der Waals surface area contributed by atoms with Gasteiger partial charge in [0, 0.05) is 6.54 Å². The maximum Gasteiger partial charge on any atom is 0.319 e. The zero-order valence-corrected chi connectivity index (χ0v) is 14.4. The number of unbranched alkanes of at least 4 members (excludes halogenated alkanes) is 1. The zero-order chi connectivity index (χ0) is 16.8. The molecule has 0 saturated carbocycles. The molecule has 0 aliphatic rings. The predicted molar refractivity (Wildman–Crippen MR) is 93.9 cm³/mol. The Morgan fingerprint density at radius 1 is 1.22 bits per heavy atom. The molecule has 0 spiro atoms. The first-order valence-corrected chi connectivity index (χ1v) is 8.16. The van der Waals surface area contributed by atoms with Crippen molar-refractivity contribution in [3.05, 3.63) is 46.8 Å². The van der Waals surface area contributed by atoms with Crippen LogP contribution in [0.1, 0.15) is 42.3 Å². The van der Waals surface area contributed by atoms with Gasteiger partial charge in [-0.25, -0.2) is 4.79 Å². The molecule has 0 radical (unpaired) electrons. The van der Waals surface area contributed by atoms with E-state index in [4.69, 9.17) is 0 Å². The third kappa shape index (κ3) is 4.34. The molecule has 0 fully saturated rings. The van der Waals surface area contributed by atoms with Gasteiger partial charge in [-0.15, -0.1) is 0 Å². The summed E-state index contributed by atoms with van der Waals surface area (Å²) in [5.74, 6) is 0. The Hall–Kier alpha value is -2.30. The fraction of sp³-hybridized carbons (Fsp3) is 0.444. The van der Waals surface area contributed by atoms with Crippen molar-refractivity contribution in [2.24, 2.45) is 0 Å². The number of aryl methyl sites for hydroxylation is 2. The van der Waals surface area contributed by atoms with Gasteiger partial charge in [0.2, 0.25) is 0 Å². The van der Waals surface area contributed by atoms with E-state index in [0.29, 0.717) is 13.1 Å². The Morgan fingerprint density at radius 3 is 2.65 bits per heavy atom. The fourth-order valence-corrected chi connectivity index (χ4v) is 2.52. The average Bonchev–Trinajstić information content (AvgIpc) is 2.77. The van der Waals surface area contributed by atoms with Crippen LogP contribution in [0.15, 0.2) is 24.3 Å². The van der Waals surface area contributed by atoms with Gasteiger partial charge >= 0.3 is 6.03 Å². The summed E-state index contributed by atoms with van der Waals surface area (Å²) in [7, 11) is 0. The number of nitrogens with one attached hydrogen (secondary N) is 2. The van der Waals surface area contributed by atoms with Gasteiger partial charge in [-0.2, -0.15) is 5.10 Å². The number of nitrogens with zero attached hydrogens (tertiary/aromatic N) is 2. The van der Waals surface area contributed by atoms with E-state index in [-0.39, 0.29) is 6.03 Å². The molecule has 2 amide bonds. The lowest BCUT2D eigenvalue weighted by atomic mass is 10.1. The van der Waals surface area contributed by atoms with Crippen LogP contribution >= 0.6 is 0 Å². The lowest BCUT2D eigenvalue weighted by molar-refractivity contribution is 0.252. The zero-order valence-electron chi connectivity index (χ0n) is 14.4. The number of rotatable bonds is 6. The summed E-state index contributed by atoms with van der Waals surface area (Å²) in [5.41, 5.74) is 5.08. The Kier molecular flexibility index (Phi) is 5.79. The second kappa shape index (κ2) is 7.81. The van der Waals surface area contributed by atoms with Gasteiger partial charge in [-0.1, -0.05) is 37.6 Å². The first-order chi connectivity index (χ1) is 11.0. The average molecular weight is 314 g/mol. The van der Waals surface area contributed by atoms with Crippen molar-refractivity contribution in [2.45, 2.75) is 47.1 Å². The quantitative estimate of drug-likeness (QED) is 0.797. The SMILES string of the molecule is CCCCNC(=O)Nc1c(C)nn(Cc2ccccc2C)c1C. The van der Waals surface area contributed by atoms with Crippen molar-refractivity contribution >= 4 is 11.7 Å². The van der Waals surface area contributed by atoms with E-state index in [1.807, 2.05) is 30.7 Å². The molecular formula is C18H26N4O. The van der Waals surface area contributed by atoms with Crippen LogP contribution < -0.4 is 10.6 Å². The Balaban J connectivity index is 2.10. The van der Waals surface area contributed by atoms with Crippen LogP contribution in [-0.2, 0) is 6.54 Å². The van der Waals surface area contributed by atoms with E-state index < -0.39 is 0 Å². The molecule has 0 aliphatic carbocycles. The standard InChI is InChI=1S/C18H26N4O/c1-5-6-11-19-18(23)20-17-14(3)21-22(15(17)4)12-16-10-8-7-9-13(16)2/h7-10H,5-6,11-12H2,1-4H3,(H2,19,20,23). The Bertz CT molecular complexity index is 676. The molecule has 0 aliphatic heterocycles. The highest BCUT2D eigenvalue weighted by Gasteiger charge is 2.14. The molecule has 0 atom stereocenters. The largest absolute Gasteiger partial charge is 0.338 e. The summed E-state index contributed by atoms with van der Waals surface area (Å²) in [6.07, 6.45) is 2.05. The molecule has 0 bridgehead atoms. The van der Waals surface area contributed by atoms with Crippen LogP contribution in [0.4, 0.5) is 10.5 Å². The number of carbonyl (C=O) groups is 1. The maximum absolute atomic E-state index is 12.0. The monoisotopic (exact) mass is 314 g/mol. The number of urea groups is 1. The molecule has 5 heteroatoms. The molecule has 124 valence electrons. The summed E-state index contributed by atoms with van der Waals surface area (Å²) in [4.78, 5) is 12.0. The summed E-state index contributed by atoms with van der Waals surface area (Å²) in [5, 5.41) is 10.4. The normalized spacial score (nSPS) is 10.6. The van der Waals surface area contributed by atoms with Crippen molar-refractivity contribution < 1.29 is 4.79 Å². The lowest BCUT2D eigenvalue weighted by Crippen LogP contribution is -2.29. The van der Waals surface area contributed by atoms with Gasteiger partial charge in [0.15, 0.2) is 0 Å². The molecule has 1 aromatic carbocycles. The van der Waals surface area contributed by atoms with Crippen LogP contribution in [0.2, 0.25) is 0 Å². The van der Waals surface area contributed by atoms with Crippen molar-refractivity contribution in [3.63, 3.8) is 0 Å². The number of benzene rings is 1. The van der Waals surface area contributed by atoms with Crippen LogP contribution in [-0.4, -0.2) is 22.4 Å². The van der Waals surface area contributed by atoms with E-state index in [9.17, 15) is 4.79 Å². The second-order valence-corrected chi connectivity index (χ2v) is 5.86. The van der Waals surface area contributed by atoms with E-state index in [0.717, 1.165) is 29.9 Å².